The third-order valence-corrected chi connectivity index (χ3v) is 11.8. The number of hydrogen-bond acceptors (Lipinski definition) is 9. The first-order chi connectivity index (χ1) is 17.7. The Morgan fingerprint density at radius 1 is 1.00 bits per heavy atom. The van der Waals surface area contributed by atoms with E-state index in [0.717, 1.165) is 18.4 Å². The molecule has 0 spiro atoms. The van der Waals surface area contributed by atoms with Gasteiger partial charge in [0.15, 0.2) is 31.2 Å². The number of ether oxygens (including phenoxy) is 2. The van der Waals surface area contributed by atoms with Crippen molar-refractivity contribution in [3.8, 4) is 5.75 Å². The molecule has 1 saturated heterocycles. The first kappa shape index (κ1) is 29.2. The molecule has 210 valence electrons. The first-order valence-electron chi connectivity index (χ1n) is 11.5. The summed E-state index contributed by atoms with van der Waals surface area (Å²) in [4.78, 5) is -0.172. The van der Waals surface area contributed by atoms with Crippen molar-refractivity contribution in [2.45, 2.75) is 28.6 Å². The Kier molecular flexibility index (Phi) is 8.15. The molecule has 0 amide bonds. The molecule has 4 rings (SSSR count). The van der Waals surface area contributed by atoms with Crippen LogP contribution in [0.25, 0.3) is 0 Å². The topological polar surface area (TPSA) is 130 Å². The lowest BCUT2D eigenvalue weighted by Crippen LogP contribution is -2.57. The van der Waals surface area contributed by atoms with Gasteiger partial charge in [0.2, 0.25) is 0 Å². The van der Waals surface area contributed by atoms with Gasteiger partial charge >= 0.3 is 0 Å². The highest BCUT2D eigenvalue weighted by Crippen LogP contribution is 2.55. The second-order valence-corrected chi connectivity index (χ2v) is 15.7. The Balaban J connectivity index is 1.74. The van der Waals surface area contributed by atoms with E-state index in [-0.39, 0.29) is 36.0 Å². The largest absolute Gasteiger partial charge is 0.490 e. The lowest BCUT2D eigenvalue weighted by Gasteiger charge is -2.50. The number of sulfone groups is 2. The maximum atomic E-state index is 15.4. The molecule has 3 atom stereocenters. The van der Waals surface area contributed by atoms with E-state index in [1.54, 1.807) is 0 Å². The van der Waals surface area contributed by atoms with Gasteiger partial charge in [-0.05, 0) is 49.2 Å². The zero-order chi connectivity index (χ0) is 27.9. The van der Waals surface area contributed by atoms with Gasteiger partial charge in [-0.1, -0.05) is 11.6 Å². The minimum absolute atomic E-state index is 0.172. The number of halogens is 3. The van der Waals surface area contributed by atoms with Gasteiger partial charge in [-0.2, -0.15) is 8.42 Å². The molecule has 0 bridgehead atoms. The van der Waals surface area contributed by atoms with Crippen molar-refractivity contribution >= 4 is 41.4 Å². The van der Waals surface area contributed by atoms with Gasteiger partial charge in [-0.15, -0.1) is 0 Å². The van der Waals surface area contributed by atoms with Crippen LogP contribution in [0.4, 0.5) is 8.78 Å². The highest BCUT2D eigenvalue weighted by atomic mass is 35.5. The predicted molar refractivity (Wildman–Crippen MR) is 134 cm³/mol. The zero-order valence-corrected chi connectivity index (χ0v) is 23.3. The highest BCUT2D eigenvalue weighted by Gasteiger charge is 2.61. The van der Waals surface area contributed by atoms with Gasteiger partial charge < -0.3 is 9.47 Å². The van der Waals surface area contributed by atoms with Crippen LogP contribution >= 0.6 is 11.6 Å². The molecule has 3 unspecified atom stereocenters. The van der Waals surface area contributed by atoms with Crippen molar-refractivity contribution in [2.24, 2.45) is 5.92 Å². The Morgan fingerprint density at radius 3 is 2.32 bits per heavy atom. The summed E-state index contributed by atoms with van der Waals surface area (Å²) in [5.74, 6) is -4.59. The van der Waals surface area contributed by atoms with Crippen molar-refractivity contribution in [2.75, 3.05) is 37.6 Å². The van der Waals surface area contributed by atoms with E-state index in [2.05, 4.69) is 4.18 Å². The van der Waals surface area contributed by atoms with E-state index < -0.39 is 87.6 Å². The summed E-state index contributed by atoms with van der Waals surface area (Å²) in [6.45, 7) is -1.13. The molecule has 0 aliphatic carbocycles. The van der Waals surface area contributed by atoms with Crippen LogP contribution in [0.2, 0.25) is 5.02 Å². The molecular weight excluding hydrogens is 590 g/mol. The molecule has 0 N–H and O–H groups in total. The molecule has 2 heterocycles. The van der Waals surface area contributed by atoms with Crippen LogP contribution in [0.1, 0.15) is 18.4 Å². The fourth-order valence-corrected chi connectivity index (χ4v) is 9.14. The predicted octanol–water partition coefficient (Wildman–Crippen LogP) is 2.87. The summed E-state index contributed by atoms with van der Waals surface area (Å²) < 4.78 is 120. The maximum Gasteiger partial charge on any atom is 0.264 e. The minimum atomic E-state index is -4.43. The van der Waals surface area contributed by atoms with E-state index in [0.29, 0.717) is 0 Å². The van der Waals surface area contributed by atoms with E-state index in [9.17, 15) is 29.6 Å². The quantitative estimate of drug-likeness (QED) is 0.391. The average molecular weight is 615 g/mol. The third kappa shape index (κ3) is 5.56. The molecule has 2 aliphatic rings. The Hall–Kier alpha value is -1.84. The van der Waals surface area contributed by atoms with Gasteiger partial charge in [0.1, 0.15) is 10.6 Å². The van der Waals surface area contributed by atoms with Crippen molar-refractivity contribution < 1.29 is 47.7 Å². The molecule has 0 aromatic heterocycles. The fourth-order valence-electron chi connectivity index (χ4n) is 5.04. The first-order valence-corrected chi connectivity index (χ1v) is 17.0. The molecule has 38 heavy (non-hydrogen) atoms. The van der Waals surface area contributed by atoms with Crippen molar-refractivity contribution in [3.05, 3.63) is 58.6 Å². The van der Waals surface area contributed by atoms with Crippen molar-refractivity contribution in [1.82, 2.24) is 0 Å². The van der Waals surface area contributed by atoms with Crippen molar-refractivity contribution in [1.29, 1.82) is 0 Å². The maximum absolute atomic E-state index is 15.4. The van der Waals surface area contributed by atoms with Crippen LogP contribution in [-0.2, 0) is 43.5 Å². The Labute approximate surface area is 225 Å². The summed E-state index contributed by atoms with van der Waals surface area (Å²) in [6.07, 6.45) is -0.657. The molecule has 2 aliphatic heterocycles. The smallest absolute Gasteiger partial charge is 0.264 e. The van der Waals surface area contributed by atoms with Gasteiger partial charge in [-0.3, -0.25) is 4.18 Å². The van der Waals surface area contributed by atoms with Crippen molar-refractivity contribution in [3.63, 3.8) is 0 Å². The van der Waals surface area contributed by atoms with Crippen LogP contribution < -0.4 is 4.74 Å². The summed E-state index contributed by atoms with van der Waals surface area (Å²) in [5.41, 5.74) is -0.457. The number of rotatable bonds is 9. The third-order valence-electron chi connectivity index (χ3n) is 6.75. The second-order valence-electron chi connectivity index (χ2n) is 9.12. The van der Waals surface area contributed by atoms with Gasteiger partial charge in [0.05, 0.1) is 47.5 Å². The Bertz CT molecular complexity index is 1530. The molecule has 9 nitrogen and oxygen atoms in total. The SMILES string of the molecule is CS(=O)(=O)OCCS(=O)(=O)CCC1OCCC2(S(=O)(=O)c3ccc(Cl)cc3)c3c(F)ccc(F)c3OCC12. The number of hydrogen-bond donors (Lipinski definition) is 0. The lowest BCUT2D eigenvalue weighted by atomic mass is 9.75. The van der Waals surface area contributed by atoms with Crippen LogP contribution in [-0.4, -0.2) is 68.9 Å². The van der Waals surface area contributed by atoms with E-state index in [1.165, 1.54) is 24.3 Å². The molecule has 2 aromatic carbocycles. The summed E-state index contributed by atoms with van der Waals surface area (Å²) in [5, 5.41) is 0.275. The van der Waals surface area contributed by atoms with Gasteiger partial charge in [-0.25, -0.2) is 25.6 Å². The summed E-state index contributed by atoms with van der Waals surface area (Å²) >= 11 is 5.93. The molecule has 2 aromatic rings. The standard InChI is InChI=1S/C23H25ClF2O9S3/c1-36(27,28)35-11-13-37(29,30)12-8-20-17-14-34-22-19(26)7-6-18(25)21(22)23(17,9-10-33-20)38(31,32)16-4-2-15(24)3-5-16/h2-7,17,20H,8-14H2,1H3. The molecule has 1 fully saturated rings. The zero-order valence-electron chi connectivity index (χ0n) is 20.1. The average Bonchev–Trinajstić information content (AvgIpc) is 2.83. The Morgan fingerprint density at radius 2 is 1.66 bits per heavy atom. The molecular formula is C23H25ClF2O9S3. The molecule has 0 radical (unpaired) electrons. The van der Waals surface area contributed by atoms with Crippen LogP contribution in [0.3, 0.4) is 0 Å². The van der Waals surface area contributed by atoms with Crippen LogP contribution in [0.15, 0.2) is 41.3 Å². The second kappa shape index (κ2) is 10.6. The highest BCUT2D eigenvalue weighted by molar-refractivity contribution is 7.92. The number of benzene rings is 2. The lowest BCUT2D eigenvalue weighted by molar-refractivity contribution is -0.0732. The van der Waals surface area contributed by atoms with E-state index in [1.807, 2.05) is 0 Å². The summed E-state index contributed by atoms with van der Waals surface area (Å²) in [6, 6.07) is 6.95. The molecule has 0 saturated carbocycles. The molecule has 15 heteroatoms. The van der Waals surface area contributed by atoms with E-state index >= 15 is 4.39 Å². The van der Waals surface area contributed by atoms with Crippen LogP contribution in [0.5, 0.6) is 5.75 Å². The van der Waals surface area contributed by atoms with Crippen LogP contribution in [0, 0.1) is 17.6 Å². The summed E-state index contributed by atoms with van der Waals surface area (Å²) in [7, 11) is -12.1. The number of fused-ring (bicyclic) bond motifs is 3. The van der Waals surface area contributed by atoms with E-state index in [4.69, 9.17) is 21.1 Å². The minimum Gasteiger partial charge on any atom is -0.490 e. The monoisotopic (exact) mass is 614 g/mol. The fraction of sp³-hybridized carbons (Fsp3) is 0.478. The normalized spacial score (nSPS) is 23.8. The van der Waals surface area contributed by atoms with Gasteiger partial charge in [0, 0.05) is 17.5 Å². The van der Waals surface area contributed by atoms with Gasteiger partial charge in [0.25, 0.3) is 10.1 Å².